The second-order valence-corrected chi connectivity index (χ2v) is 9.14. The van der Waals surface area contributed by atoms with Crippen molar-refractivity contribution in [2.75, 3.05) is 0 Å². The molecule has 8 heteroatoms. The summed E-state index contributed by atoms with van der Waals surface area (Å²) in [6.45, 7) is 6.15. The third-order valence-corrected chi connectivity index (χ3v) is 6.75. The Bertz CT molecular complexity index is 962. The van der Waals surface area contributed by atoms with Gasteiger partial charge in [-0.15, -0.1) is 13.2 Å². The van der Waals surface area contributed by atoms with Gasteiger partial charge in [0.15, 0.2) is 11.6 Å². The minimum atomic E-state index is -4.98. The Hall–Kier alpha value is -2.25. The largest absolute Gasteiger partial charge is 0.573 e. The fourth-order valence-electron chi connectivity index (χ4n) is 5.41. The number of alkyl halides is 3. The third kappa shape index (κ3) is 3.65. The summed E-state index contributed by atoms with van der Waals surface area (Å²) in [5.41, 5.74) is 1.19. The number of hydrogen-bond donors (Lipinski definition) is 1. The molecule has 2 unspecified atom stereocenters. The van der Waals surface area contributed by atoms with Crippen LogP contribution in [0.5, 0.6) is 5.75 Å². The first-order chi connectivity index (χ1) is 14.0. The molecule has 1 saturated carbocycles. The number of halogens is 4. The number of piperidine rings is 2. The first kappa shape index (κ1) is 21.0. The van der Waals surface area contributed by atoms with Crippen LogP contribution in [-0.2, 0) is 4.79 Å². The number of benzene rings is 1. The highest BCUT2D eigenvalue weighted by Crippen LogP contribution is 2.53. The third-order valence-electron chi connectivity index (χ3n) is 6.75. The number of carbonyl (C=O) groups is 1. The standard InChI is InChI=1S/C22H26F4N2O2/c1-4-13-8-21(3)9-14(10-21)28(13)18(29)7-12(2)15-11-27-16-5-6-17(20(23)19(15)16)30-22(24,25)26/h5-6,11-14,27H,4,7-10H2,1-3H3. The van der Waals surface area contributed by atoms with Crippen LogP contribution in [0, 0.1) is 11.2 Å². The lowest BCUT2D eigenvalue weighted by atomic mass is 9.59. The van der Waals surface area contributed by atoms with Gasteiger partial charge in [0, 0.05) is 35.6 Å². The van der Waals surface area contributed by atoms with Crippen LogP contribution in [0.25, 0.3) is 10.9 Å². The molecule has 5 rings (SSSR count). The van der Waals surface area contributed by atoms with Crippen molar-refractivity contribution in [1.29, 1.82) is 0 Å². The number of aromatic nitrogens is 1. The van der Waals surface area contributed by atoms with Crippen molar-refractivity contribution < 1.29 is 27.1 Å². The van der Waals surface area contributed by atoms with E-state index in [0.717, 1.165) is 31.7 Å². The van der Waals surface area contributed by atoms with Crippen molar-refractivity contribution >= 4 is 16.8 Å². The molecule has 1 aliphatic carbocycles. The molecule has 2 atom stereocenters. The van der Waals surface area contributed by atoms with Crippen LogP contribution in [0.4, 0.5) is 17.6 Å². The summed E-state index contributed by atoms with van der Waals surface area (Å²) < 4.78 is 56.4. The van der Waals surface area contributed by atoms with Gasteiger partial charge in [0.25, 0.3) is 0 Å². The molecule has 2 bridgehead atoms. The summed E-state index contributed by atoms with van der Waals surface area (Å²) in [4.78, 5) is 18.0. The molecule has 3 fully saturated rings. The zero-order chi connectivity index (χ0) is 21.8. The molecule has 1 aromatic carbocycles. The Kier molecular flexibility index (Phi) is 5.02. The number of nitrogens with zero attached hydrogens (tertiary/aromatic N) is 1. The van der Waals surface area contributed by atoms with Gasteiger partial charge in [-0.3, -0.25) is 4.79 Å². The highest BCUT2D eigenvalue weighted by atomic mass is 19.4. The van der Waals surface area contributed by atoms with Gasteiger partial charge in [-0.25, -0.2) is 4.39 Å². The number of ether oxygens (including phenoxy) is 1. The zero-order valence-electron chi connectivity index (χ0n) is 17.3. The second-order valence-electron chi connectivity index (χ2n) is 9.14. The van der Waals surface area contributed by atoms with E-state index in [1.165, 1.54) is 6.07 Å². The molecule has 2 aromatic rings. The van der Waals surface area contributed by atoms with Gasteiger partial charge in [-0.1, -0.05) is 20.8 Å². The van der Waals surface area contributed by atoms with Crippen LogP contribution in [0.1, 0.15) is 64.4 Å². The van der Waals surface area contributed by atoms with E-state index in [1.807, 2.05) is 4.90 Å². The van der Waals surface area contributed by atoms with Crippen molar-refractivity contribution in [2.45, 2.75) is 77.2 Å². The number of H-pyrrole nitrogens is 1. The molecule has 2 aliphatic heterocycles. The van der Waals surface area contributed by atoms with Crippen molar-refractivity contribution in [2.24, 2.45) is 5.41 Å². The molecule has 1 aromatic heterocycles. The molecule has 1 N–H and O–H groups in total. The maximum Gasteiger partial charge on any atom is 0.573 e. The number of carbonyl (C=O) groups excluding carboxylic acids is 1. The topological polar surface area (TPSA) is 45.3 Å². The van der Waals surface area contributed by atoms with Gasteiger partial charge in [-0.05, 0) is 54.7 Å². The average molecular weight is 426 g/mol. The van der Waals surface area contributed by atoms with Gasteiger partial charge in [0.05, 0.1) is 0 Å². The normalized spacial score (nSPS) is 27.1. The van der Waals surface area contributed by atoms with Gasteiger partial charge < -0.3 is 14.6 Å². The van der Waals surface area contributed by atoms with E-state index in [4.69, 9.17) is 0 Å². The van der Waals surface area contributed by atoms with Crippen LogP contribution in [-0.4, -0.2) is 34.2 Å². The minimum Gasteiger partial charge on any atom is -0.403 e. The van der Waals surface area contributed by atoms with Crippen LogP contribution in [0.2, 0.25) is 0 Å². The predicted octanol–water partition coefficient (Wildman–Crippen LogP) is 5.88. The number of rotatable bonds is 5. The maximum atomic E-state index is 14.8. The zero-order valence-corrected chi connectivity index (χ0v) is 17.3. The number of nitrogens with one attached hydrogen (secondary N) is 1. The number of hydrogen-bond acceptors (Lipinski definition) is 2. The summed E-state index contributed by atoms with van der Waals surface area (Å²) in [6.07, 6.45) is 0.698. The summed E-state index contributed by atoms with van der Waals surface area (Å²) >= 11 is 0. The first-order valence-electron chi connectivity index (χ1n) is 10.4. The van der Waals surface area contributed by atoms with Gasteiger partial charge in [0.2, 0.25) is 5.91 Å². The van der Waals surface area contributed by atoms with E-state index in [0.29, 0.717) is 16.5 Å². The van der Waals surface area contributed by atoms with E-state index in [-0.39, 0.29) is 35.7 Å². The van der Waals surface area contributed by atoms with E-state index < -0.39 is 17.9 Å². The lowest BCUT2D eigenvalue weighted by molar-refractivity contribution is -0.275. The van der Waals surface area contributed by atoms with Crippen LogP contribution < -0.4 is 4.74 Å². The fourth-order valence-corrected chi connectivity index (χ4v) is 5.41. The molecule has 4 nitrogen and oxygen atoms in total. The Labute approximate surface area is 172 Å². The molecular formula is C22H26F4N2O2. The van der Waals surface area contributed by atoms with Gasteiger partial charge >= 0.3 is 6.36 Å². The number of aromatic amines is 1. The quantitative estimate of drug-likeness (QED) is 0.607. The van der Waals surface area contributed by atoms with Gasteiger partial charge in [0.1, 0.15) is 0 Å². The Morgan fingerprint density at radius 2 is 2.03 bits per heavy atom. The number of amides is 1. The van der Waals surface area contributed by atoms with E-state index in [1.54, 1.807) is 13.1 Å². The highest BCUT2D eigenvalue weighted by Gasteiger charge is 2.52. The van der Waals surface area contributed by atoms with Crippen LogP contribution >= 0.6 is 0 Å². The van der Waals surface area contributed by atoms with Crippen molar-refractivity contribution in [1.82, 2.24) is 9.88 Å². The molecule has 1 amide bonds. The Balaban J connectivity index is 1.57. The van der Waals surface area contributed by atoms with Crippen molar-refractivity contribution in [3.63, 3.8) is 0 Å². The first-order valence-corrected chi connectivity index (χ1v) is 10.4. The molecule has 2 saturated heterocycles. The lowest BCUT2D eigenvalue weighted by Gasteiger charge is -2.60. The smallest absolute Gasteiger partial charge is 0.403 e. The molecule has 164 valence electrons. The lowest BCUT2D eigenvalue weighted by Crippen LogP contribution is -2.62. The molecule has 3 aliphatic rings. The highest BCUT2D eigenvalue weighted by molar-refractivity contribution is 5.87. The number of fused-ring (bicyclic) bond motifs is 3. The van der Waals surface area contributed by atoms with Crippen LogP contribution in [0.15, 0.2) is 18.3 Å². The molecule has 0 radical (unpaired) electrons. The van der Waals surface area contributed by atoms with Crippen molar-refractivity contribution in [3.05, 3.63) is 29.7 Å². The summed E-state index contributed by atoms with van der Waals surface area (Å²) in [6, 6.07) is 2.78. The van der Waals surface area contributed by atoms with Crippen molar-refractivity contribution in [3.8, 4) is 5.75 Å². The fraction of sp³-hybridized carbons (Fsp3) is 0.591. The predicted molar refractivity (Wildman–Crippen MR) is 105 cm³/mol. The average Bonchev–Trinajstić information content (AvgIpc) is 3.06. The van der Waals surface area contributed by atoms with Crippen LogP contribution in [0.3, 0.4) is 0 Å². The summed E-state index contributed by atoms with van der Waals surface area (Å²) in [5.74, 6) is -2.27. The maximum absolute atomic E-state index is 14.8. The second kappa shape index (κ2) is 7.17. The van der Waals surface area contributed by atoms with E-state index in [2.05, 4.69) is 23.6 Å². The molecule has 0 spiro atoms. The summed E-state index contributed by atoms with van der Waals surface area (Å²) in [7, 11) is 0. The molecule has 30 heavy (non-hydrogen) atoms. The Morgan fingerprint density at radius 3 is 2.67 bits per heavy atom. The van der Waals surface area contributed by atoms with E-state index >= 15 is 0 Å². The summed E-state index contributed by atoms with van der Waals surface area (Å²) in [5, 5.41) is 0.0407. The molecular weight excluding hydrogens is 400 g/mol. The molecule has 3 heterocycles. The minimum absolute atomic E-state index is 0.0264. The SMILES string of the molecule is CCC1CC2(C)CC(C2)N1C(=O)CC(C)c1c[nH]c2ccc(OC(F)(F)F)c(F)c12. The van der Waals surface area contributed by atoms with Gasteiger partial charge in [-0.2, -0.15) is 0 Å². The Morgan fingerprint density at radius 1 is 1.33 bits per heavy atom. The monoisotopic (exact) mass is 426 g/mol. The van der Waals surface area contributed by atoms with E-state index in [9.17, 15) is 22.4 Å².